The smallest absolute Gasteiger partial charge is 0.261 e. The minimum Gasteiger partial charge on any atom is -0.332 e. The molecular weight excluding hydrogens is 216 g/mol. The molecule has 0 saturated heterocycles. The Balaban J connectivity index is 3.10. The number of nitriles is 1. The van der Waals surface area contributed by atoms with Crippen molar-refractivity contribution in [1.82, 2.24) is 14.3 Å². The van der Waals surface area contributed by atoms with Crippen LogP contribution in [-0.2, 0) is 10.0 Å². The van der Waals surface area contributed by atoms with E-state index in [9.17, 15) is 8.42 Å². The molecule has 0 aliphatic rings. The van der Waals surface area contributed by atoms with Gasteiger partial charge in [-0.25, -0.2) is 13.4 Å². The van der Waals surface area contributed by atoms with Crippen LogP contribution in [0.1, 0.15) is 12.7 Å². The Hall–Kier alpha value is -1.39. The minimum absolute atomic E-state index is 0.00426. The van der Waals surface area contributed by atoms with Crippen LogP contribution in [0, 0.1) is 18.3 Å². The van der Waals surface area contributed by atoms with Crippen LogP contribution in [0.25, 0.3) is 0 Å². The fourth-order valence-electron chi connectivity index (χ4n) is 0.974. The number of nitrogens with zero attached hydrogens (tertiary/aromatic N) is 3. The number of nitrogens with one attached hydrogen (secondary N) is 1. The van der Waals surface area contributed by atoms with E-state index < -0.39 is 16.1 Å². The van der Waals surface area contributed by atoms with Crippen molar-refractivity contribution < 1.29 is 8.42 Å². The molecular formula is C8H12N4O2S. The molecule has 1 heterocycles. The summed E-state index contributed by atoms with van der Waals surface area (Å²) < 4.78 is 24.7. The first kappa shape index (κ1) is 11.7. The fraction of sp³-hybridized carbons (Fsp3) is 0.500. The summed E-state index contributed by atoms with van der Waals surface area (Å²) in [6.45, 7) is 3.17. The molecule has 0 aliphatic carbocycles. The maximum atomic E-state index is 11.8. The highest BCUT2D eigenvalue weighted by Crippen LogP contribution is 2.13. The zero-order valence-electron chi connectivity index (χ0n) is 8.72. The lowest BCUT2D eigenvalue weighted by molar-refractivity contribution is 0.440. The summed E-state index contributed by atoms with van der Waals surface area (Å²) in [7, 11) is -2.28. The Kier molecular flexibility index (Phi) is 3.12. The molecule has 1 rings (SSSR count). The lowest BCUT2D eigenvalue weighted by Gasteiger charge is -2.17. The van der Waals surface area contributed by atoms with Crippen LogP contribution >= 0.6 is 0 Å². The Labute approximate surface area is 88.6 Å². The molecule has 82 valence electrons. The Morgan fingerprint density at radius 1 is 1.67 bits per heavy atom. The molecule has 0 spiro atoms. The van der Waals surface area contributed by atoms with E-state index >= 15 is 0 Å². The zero-order valence-corrected chi connectivity index (χ0v) is 9.54. The second kappa shape index (κ2) is 4.00. The third kappa shape index (κ3) is 2.16. The molecule has 0 saturated carbocycles. The number of rotatable bonds is 3. The van der Waals surface area contributed by atoms with Gasteiger partial charge >= 0.3 is 0 Å². The van der Waals surface area contributed by atoms with E-state index in [1.165, 1.54) is 20.2 Å². The number of aromatic nitrogens is 2. The molecule has 6 nitrogen and oxygen atoms in total. The van der Waals surface area contributed by atoms with Gasteiger partial charge in [0.25, 0.3) is 10.0 Å². The number of hydrogen-bond donors (Lipinski definition) is 1. The van der Waals surface area contributed by atoms with Gasteiger partial charge in [0.05, 0.1) is 12.3 Å². The molecule has 7 heteroatoms. The van der Waals surface area contributed by atoms with E-state index in [1.807, 2.05) is 6.07 Å². The molecule has 1 atom stereocenters. The van der Waals surface area contributed by atoms with E-state index in [1.54, 1.807) is 6.92 Å². The molecule has 1 aromatic heterocycles. The summed E-state index contributed by atoms with van der Waals surface area (Å²) in [6.07, 6.45) is 1.24. The van der Waals surface area contributed by atoms with E-state index in [4.69, 9.17) is 5.26 Å². The van der Waals surface area contributed by atoms with Crippen LogP contribution in [0.2, 0.25) is 0 Å². The Morgan fingerprint density at radius 2 is 2.27 bits per heavy atom. The maximum Gasteiger partial charge on any atom is 0.261 e. The molecule has 0 bridgehead atoms. The van der Waals surface area contributed by atoms with Crippen molar-refractivity contribution in [2.75, 3.05) is 7.05 Å². The highest BCUT2D eigenvalue weighted by molar-refractivity contribution is 7.89. The first-order valence-electron chi connectivity index (χ1n) is 4.29. The predicted octanol–water partition coefficient (Wildman–Crippen LogP) is 0.251. The predicted molar refractivity (Wildman–Crippen MR) is 53.3 cm³/mol. The Bertz CT molecular complexity index is 485. The average molecular weight is 228 g/mol. The van der Waals surface area contributed by atoms with Crippen LogP contribution in [0.3, 0.4) is 0 Å². The lowest BCUT2D eigenvalue weighted by Crippen LogP contribution is -2.34. The molecule has 0 aliphatic heterocycles. The third-order valence-corrected chi connectivity index (χ3v) is 3.91. The summed E-state index contributed by atoms with van der Waals surface area (Å²) in [5.41, 5.74) is 0. The molecule has 1 N–H and O–H groups in total. The summed E-state index contributed by atoms with van der Waals surface area (Å²) in [5.74, 6) is 0.520. The number of aryl methyl sites for hydroxylation is 1. The SMILES string of the molecule is Cc1ncc(S(=O)(=O)N(C)C(C)C#N)[nH]1. The molecule has 1 unspecified atom stereocenters. The number of hydrogen-bond acceptors (Lipinski definition) is 4. The first-order valence-corrected chi connectivity index (χ1v) is 5.73. The summed E-state index contributed by atoms with van der Waals surface area (Å²) >= 11 is 0. The van der Waals surface area contributed by atoms with Crippen molar-refractivity contribution in [3.8, 4) is 6.07 Å². The van der Waals surface area contributed by atoms with Crippen molar-refractivity contribution in [2.45, 2.75) is 24.9 Å². The molecule has 0 radical (unpaired) electrons. The average Bonchev–Trinajstić information content (AvgIpc) is 2.63. The van der Waals surface area contributed by atoms with Gasteiger partial charge in [0.1, 0.15) is 11.9 Å². The Morgan fingerprint density at radius 3 is 2.67 bits per heavy atom. The highest BCUT2D eigenvalue weighted by atomic mass is 32.2. The highest BCUT2D eigenvalue weighted by Gasteiger charge is 2.26. The first-order chi connectivity index (χ1) is 6.89. The summed E-state index contributed by atoms with van der Waals surface area (Å²) in [5, 5.41) is 8.64. The maximum absolute atomic E-state index is 11.8. The van der Waals surface area contributed by atoms with Crippen molar-refractivity contribution >= 4 is 10.0 Å². The van der Waals surface area contributed by atoms with Gasteiger partial charge in [-0.3, -0.25) is 0 Å². The monoisotopic (exact) mass is 228 g/mol. The fourth-order valence-corrected chi connectivity index (χ4v) is 2.21. The van der Waals surface area contributed by atoms with Gasteiger partial charge in [0.2, 0.25) is 0 Å². The van der Waals surface area contributed by atoms with Crippen molar-refractivity contribution in [3.63, 3.8) is 0 Å². The number of aromatic amines is 1. The second-order valence-electron chi connectivity index (χ2n) is 3.16. The largest absolute Gasteiger partial charge is 0.332 e. The van der Waals surface area contributed by atoms with Crippen LogP contribution in [-0.4, -0.2) is 35.8 Å². The van der Waals surface area contributed by atoms with Crippen LogP contribution in [0.15, 0.2) is 11.2 Å². The number of H-pyrrole nitrogens is 1. The quantitative estimate of drug-likeness (QED) is 0.803. The van der Waals surface area contributed by atoms with Crippen LogP contribution < -0.4 is 0 Å². The topological polar surface area (TPSA) is 89.8 Å². The van der Waals surface area contributed by atoms with Crippen molar-refractivity contribution in [3.05, 3.63) is 12.0 Å². The van der Waals surface area contributed by atoms with Gasteiger partial charge in [-0.2, -0.15) is 9.57 Å². The van der Waals surface area contributed by atoms with Crippen molar-refractivity contribution in [1.29, 1.82) is 5.26 Å². The van der Waals surface area contributed by atoms with Gasteiger partial charge in [-0.1, -0.05) is 0 Å². The van der Waals surface area contributed by atoms with Gasteiger partial charge in [-0.15, -0.1) is 0 Å². The molecule has 1 aromatic rings. The van der Waals surface area contributed by atoms with Gasteiger partial charge in [0, 0.05) is 7.05 Å². The lowest BCUT2D eigenvalue weighted by atomic mass is 10.4. The van der Waals surface area contributed by atoms with Crippen molar-refractivity contribution in [2.24, 2.45) is 0 Å². The summed E-state index contributed by atoms with van der Waals surface area (Å²) in [4.78, 5) is 6.43. The molecule has 15 heavy (non-hydrogen) atoms. The molecule has 0 aromatic carbocycles. The normalized spacial score (nSPS) is 13.8. The minimum atomic E-state index is -3.64. The van der Waals surface area contributed by atoms with Gasteiger partial charge in [-0.05, 0) is 13.8 Å². The van der Waals surface area contributed by atoms with Crippen LogP contribution in [0.4, 0.5) is 0 Å². The number of imidazole rings is 1. The molecule has 0 fully saturated rings. The van der Waals surface area contributed by atoms with E-state index in [2.05, 4.69) is 9.97 Å². The van der Waals surface area contributed by atoms with E-state index in [0.717, 1.165) is 4.31 Å². The van der Waals surface area contributed by atoms with Gasteiger partial charge < -0.3 is 4.98 Å². The summed E-state index contributed by atoms with van der Waals surface area (Å²) in [6, 6.07) is 1.15. The van der Waals surface area contributed by atoms with E-state index in [-0.39, 0.29) is 5.03 Å². The third-order valence-electron chi connectivity index (χ3n) is 2.07. The zero-order chi connectivity index (χ0) is 11.6. The van der Waals surface area contributed by atoms with Crippen LogP contribution in [0.5, 0.6) is 0 Å². The molecule has 0 amide bonds. The van der Waals surface area contributed by atoms with Gasteiger partial charge in [0.15, 0.2) is 5.03 Å². The number of sulfonamides is 1. The second-order valence-corrected chi connectivity index (χ2v) is 5.13. The standard InChI is InChI=1S/C8H12N4O2S/c1-6(4-9)12(3)15(13,14)8-5-10-7(2)11-8/h5-6H,1-3H3,(H,10,11). The van der Waals surface area contributed by atoms with E-state index in [0.29, 0.717) is 5.82 Å².